The lowest BCUT2D eigenvalue weighted by Crippen LogP contribution is -2.50. The summed E-state index contributed by atoms with van der Waals surface area (Å²) in [5, 5.41) is 10.3. The second kappa shape index (κ2) is 16.2. The average Bonchev–Trinajstić information content (AvgIpc) is 3.47. The number of benzene rings is 4. The van der Waals surface area contributed by atoms with E-state index in [9.17, 15) is 10.1 Å². The molecule has 46 heavy (non-hydrogen) atoms. The summed E-state index contributed by atoms with van der Waals surface area (Å²) in [6, 6.07) is 32.5. The van der Waals surface area contributed by atoms with Gasteiger partial charge in [-0.1, -0.05) is 54.1 Å². The van der Waals surface area contributed by atoms with Crippen LogP contribution in [0, 0.1) is 11.3 Å². The van der Waals surface area contributed by atoms with Crippen LogP contribution < -0.4 is 14.4 Å². The van der Waals surface area contributed by atoms with Crippen LogP contribution in [0.3, 0.4) is 0 Å². The molecule has 1 fully saturated rings. The van der Waals surface area contributed by atoms with Crippen molar-refractivity contribution in [1.82, 2.24) is 14.5 Å². The van der Waals surface area contributed by atoms with Gasteiger partial charge in [-0.05, 0) is 65.7 Å². The summed E-state index contributed by atoms with van der Waals surface area (Å²) >= 11 is 6.13. The van der Waals surface area contributed by atoms with Gasteiger partial charge >= 0.3 is 0 Å². The van der Waals surface area contributed by atoms with Crippen LogP contribution in [0.2, 0.25) is 5.02 Å². The quantitative estimate of drug-likeness (QED) is 0.152. The predicted octanol–water partition coefficient (Wildman–Crippen LogP) is 7.52. The largest absolute Gasteiger partial charge is 0.489 e. The maximum absolute atomic E-state index is 13.0. The maximum Gasteiger partial charge on any atom is 0.241 e. The van der Waals surface area contributed by atoms with E-state index >= 15 is 0 Å². The molecule has 0 aliphatic carbocycles. The molecule has 1 saturated heterocycles. The Bertz CT molecular complexity index is 1790. The van der Waals surface area contributed by atoms with Crippen LogP contribution in [0.25, 0.3) is 0 Å². The number of hydrogen-bond donors (Lipinski definition) is 0. The van der Waals surface area contributed by atoms with E-state index < -0.39 is 0 Å². The monoisotopic (exact) mass is 675 g/mol. The number of carbonyl (C=O) groups is 1. The first-order valence-electron chi connectivity index (χ1n) is 14.3. The highest BCUT2D eigenvalue weighted by atomic mass is 35.5. The zero-order chi connectivity index (χ0) is 30.3. The van der Waals surface area contributed by atoms with Gasteiger partial charge in [-0.15, -0.1) is 24.8 Å². The average molecular weight is 677 g/mol. The van der Waals surface area contributed by atoms with Crippen LogP contribution in [0.1, 0.15) is 22.4 Å². The van der Waals surface area contributed by atoms with Gasteiger partial charge in [0.1, 0.15) is 29.9 Å². The van der Waals surface area contributed by atoms with Gasteiger partial charge in [0.15, 0.2) is 0 Å². The van der Waals surface area contributed by atoms with Crippen molar-refractivity contribution < 1.29 is 14.3 Å². The van der Waals surface area contributed by atoms with Gasteiger partial charge in [0.05, 0.1) is 24.1 Å². The van der Waals surface area contributed by atoms with E-state index in [1.165, 1.54) is 0 Å². The molecular formula is C35H32Cl3N5O3. The molecule has 8 nitrogen and oxygen atoms in total. The van der Waals surface area contributed by atoms with E-state index in [-0.39, 0.29) is 30.7 Å². The SMILES string of the molecule is Cl.Cl.N#Cc1ccc(Cn2cncc2CN2CCN(c3cccc(Cl)c3)C(=O)C2)cc1Oc1ccc(OCc2ccccc2)cc1. The number of nitriles is 1. The highest BCUT2D eigenvalue weighted by molar-refractivity contribution is 6.30. The molecule has 5 aromatic rings. The molecular weight excluding hydrogens is 645 g/mol. The lowest BCUT2D eigenvalue weighted by molar-refractivity contribution is -0.121. The lowest BCUT2D eigenvalue weighted by atomic mass is 10.1. The smallest absolute Gasteiger partial charge is 0.241 e. The summed E-state index contributed by atoms with van der Waals surface area (Å²) in [5.41, 5.74) is 4.31. The fourth-order valence-corrected chi connectivity index (χ4v) is 5.32. The van der Waals surface area contributed by atoms with Crippen molar-refractivity contribution in [2.45, 2.75) is 19.7 Å². The molecule has 236 valence electrons. The Morgan fingerprint density at radius 1 is 0.848 bits per heavy atom. The number of nitrogens with zero attached hydrogens (tertiary/aromatic N) is 5. The minimum absolute atomic E-state index is 0. The highest BCUT2D eigenvalue weighted by Crippen LogP contribution is 2.29. The Balaban J connectivity index is 0.00000240. The number of aromatic nitrogens is 2. The third-order valence-corrected chi connectivity index (χ3v) is 7.66. The summed E-state index contributed by atoms with van der Waals surface area (Å²) in [6.07, 6.45) is 3.61. The topological polar surface area (TPSA) is 83.6 Å². The van der Waals surface area contributed by atoms with E-state index in [1.807, 2.05) is 91.1 Å². The van der Waals surface area contributed by atoms with Crippen molar-refractivity contribution in [3.05, 3.63) is 137 Å². The zero-order valence-corrected chi connectivity index (χ0v) is 27.2. The number of halogens is 3. The third kappa shape index (κ3) is 8.59. The second-order valence-corrected chi connectivity index (χ2v) is 11.0. The van der Waals surface area contributed by atoms with Crippen molar-refractivity contribution in [2.24, 2.45) is 0 Å². The van der Waals surface area contributed by atoms with Crippen LogP contribution in [-0.2, 0) is 24.5 Å². The molecule has 6 rings (SSSR count). The third-order valence-electron chi connectivity index (χ3n) is 7.42. The number of piperazine rings is 1. The Kier molecular flexibility index (Phi) is 12.1. The van der Waals surface area contributed by atoms with Crippen LogP contribution in [0.5, 0.6) is 17.2 Å². The second-order valence-electron chi connectivity index (χ2n) is 10.5. The molecule has 11 heteroatoms. The molecule has 1 aliphatic heterocycles. The van der Waals surface area contributed by atoms with Gasteiger partial charge in [0.25, 0.3) is 0 Å². The first-order chi connectivity index (χ1) is 21.5. The fraction of sp³-hybridized carbons (Fsp3) is 0.171. The van der Waals surface area contributed by atoms with Crippen molar-refractivity contribution in [1.29, 1.82) is 5.26 Å². The molecule has 4 aromatic carbocycles. The molecule has 2 heterocycles. The molecule has 0 radical (unpaired) electrons. The van der Waals surface area contributed by atoms with Gasteiger partial charge in [0, 0.05) is 43.1 Å². The van der Waals surface area contributed by atoms with Gasteiger partial charge < -0.3 is 18.9 Å². The molecule has 0 unspecified atom stereocenters. The van der Waals surface area contributed by atoms with Crippen LogP contribution in [-0.4, -0.2) is 40.0 Å². The van der Waals surface area contributed by atoms with Crippen LogP contribution in [0.15, 0.2) is 110 Å². The fourth-order valence-electron chi connectivity index (χ4n) is 5.14. The van der Waals surface area contributed by atoms with Crippen LogP contribution >= 0.6 is 36.4 Å². The Hall–Kier alpha value is -4.52. The summed E-state index contributed by atoms with van der Waals surface area (Å²) in [7, 11) is 0. The Morgan fingerprint density at radius 2 is 1.63 bits per heavy atom. The molecule has 0 spiro atoms. The van der Waals surface area contributed by atoms with Gasteiger partial charge in [-0.2, -0.15) is 5.26 Å². The Morgan fingerprint density at radius 3 is 2.37 bits per heavy atom. The number of anilines is 1. The Labute approximate surface area is 285 Å². The van der Waals surface area contributed by atoms with Gasteiger partial charge in [0.2, 0.25) is 5.91 Å². The standard InChI is InChI=1S/C35H30ClN5O3.2ClH/c36-29-7-4-8-30(18-29)41-16-15-39(23-35(41)42)22-31-20-38-25-40(31)21-27-9-10-28(19-37)34(17-27)44-33-13-11-32(12-14-33)43-24-26-5-2-1-3-6-26;;/h1-14,17-18,20,25H,15-16,21-24H2;2*1H. The van der Waals surface area contributed by atoms with E-state index in [1.54, 1.807) is 23.4 Å². The first kappa shape index (κ1) is 34.4. The molecule has 0 bridgehead atoms. The van der Waals surface area contributed by atoms with Crippen molar-refractivity contribution in [3.8, 4) is 23.3 Å². The number of imidazole rings is 1. The summed E-state index contributed by atoms with van der Waals surface area (Å²) in [4.78, 5) is 21.2. The molecule has 0 atom stereocenters. The molecule has 1 aromatic heterocycles. The zero-order valence-electron chi connectivity index (χ0n) is 24.8. The normalized spacial score (nSPS) is 12.9. The summed E-state index contributed by atoms with van der Waals surface area (Å²) in [6.45, 7) is 3.24. The number of carbonyl (C=O) groups excluding carboxylic acids is 1. The molecule has 1 amide bonds. The number of hydrogen-bond acceptors (Lipinski definition) is 6. The highest BCUT2D eigenvalue weighted by Gasteiger charge is 2.26. The van der Waals surface area contributed by atoms with Crippen molar-refractivity contribution in [3.63, 3.8) is 0 Å². The molecule has 0 N–H and O–H groups in total. The van der Waals surface area contributed by atoms with E-state index in [0.29, 0.717) is 54.9 Å². The summed E-state index contributed by atoms with van der Waals surface area (Å²) in [5.74, 6) is 1.85. The summed E-state index contributed by atoms with van der Waals surface area (Å²) < 4.78 is 14.1. The van der Waals surface area contributed by atoms with E-state index in [4.69, 9.17) is 21.1 Å². The van der Waals surface area contributed by atoms with Crippen LogP contribution in [0.4, 0.5) is 5.69 Å². The number of amides is 1. The molecule has 1 aliphatic rings. The van der Waals surface area contributed by atoms with Gasteiger partial charge in [-0.3, -0.25) is 9.69 Å². The minimum atomic E-state index is 0. The number of ether oxygens (including phenoxy) is 2. The van der Waals surface area contributed by atoms with E-state index in [0.717, 1.165) is 34.8 Å². The first-order valence-corrected chi connectivity index (χ1v) is 14.7. The van der Waals surface area contributed by atoms with E-state index in [2.05, 4.69) is 20.5 Å². The predicted molar refractivity (Wildman–Crippen MR) is 183 cm³/mol. The number of rotatable bonds is 10. The maximum atomic E-state index is 13.0. The minimum Gasteiger partial charge on any atom is -0.489 e. The van der Waals surface area contributed by atoms with Gasteiger partial charge in [-0.25, -0.2) is 4.98 Å². The van der Waals surface area contributed by atoms with Crippen molar-refractivity contribution >= 4 is 48.0 Å². The lowest BCUT2D eigenvalue weighted by Gasteiger charge is -2.34. The van der Waals surface area contributed by atoms with Crippen molar-refractivity contribution in [2.75, 3.05) is 24.5 Å². The molecule has 0 saturated carbocycles.